The van der Waals surface area contributed by atoms with Crippen LogP contribution in [0.5, 0.6) is 0 Å². The molecule has 0 unspecified atom stereocenters. The van der Waals surface area contributed by atoms with Gasteiger partial charge in [0.15, 0.2) is 0 Å². The van der Waals surface area contributed by atoms with Crippen molar-refractivity contribution in [3.05, 3.63) is 21.9 Å². The van der Waals surface area contributed by atoms with Crippen molar-refractivity contribution in [3.8, 4) is 11.8 Å². The summed E-state index contributed by atoms with van der Waals surface area (Å²) >= 11 is 1.61. The summed E-state index contributed by atoms with van der Waals surface area (Å²) in [5.74, 6) is 6.47. The molecule has 0 saturated carbocycles. The van der Waals surface area contributed by atoms with Crippen LogP contribution in [0.2, 0.25) is 0 Å². The molecular formula is C14H20N2OS. The van der Waals surface area contributed by atoms with Gasteiger partial charge < -0.3 is 11.1 Å². The molecule has 0 aliphatic carbocycles. The average Bonchev–Trinajstić information content (AvgIpc) is 2.79. The molecule has 0 saturated heterocycles. The Balaban J connectivity index is 2.35. The van der Waals surface area contributed by atoms with Gasteiger partial charge >= 0.3 is 0 Å². The van der Waals surface area contributed by atoms with Gasteiger partial charge in [0.05, 0.1) is 13.1 Å². The second-order valence-electron chi connectivity index (χ2n) is 4.52. The van der Waals surface area contributed by atoms with Crippen LogP contribution in [0.1, 0.15) is 37.1 Å². The summed E-state index contributed by atoms with van der Waals surface area (Å²) in [6.07, 6.45) is 1.53. The fourth-order valence-electron chi connectivity index (χ4n) is 1.39. The van der Waals surface area contributed by atoms with Gasteiger partial charge in [-0.2, -0.15) is 0 Å². The maximum Gasteiger partial charge on any atom is 0.220 e. The molecule has 0 aliphatic heterocycles. The Bertz CT molecular complexity index is 440. The minimum Gasteiger partial charge on any atom is -0.351 e. The minimum atomic E-state index is 0.117. The summed E-state index contributed by atoms with van der Waals surface area (Å²) < 4.78 is 0. The Kier molecular flexibility index (Phi) is 6.48. The van der Waals surface area contributed by atoms with Crippen LogP contribution < -0.4 is 11.1 Å². The molecule has 18 heavy (non-hydrogen) atoms. The molecule has 1 aromatic heterocycles. The second-order valence-corrected chi connectivity index (χ2v) is 5.51. The fourth-order valence-corrected chi connectivity index (χ4v) is 2.14. The predicted molar refractivity (Wildman–Crippen MR) is 76.2 cm³/mol. The molecule has 0 radical (unpaired) electrons. The standard InChI is InChI=1S/C14H20N2OS/c1-11(2)5-6-14(17)16-9-13-8-12(10-18-13)4-3-7-15/h8,10-11H,5-7,9,15H2,1-2H3,(H,16,17). The third-order valence-electron chi connectivity index (χ3n) is 2.40. The smallest absolute Gasteiger partial charge is 0.220 e. The van der Waals surface area contributed by atoms with Gasteiger partial charge in [0.2, 0.25) is 5.91 Å². The summed E-state index contributed by atoms with van der Waals surface area (Å²) in [5.41, 5.74) is 6.28. The van der Waals surface area contributed by atoms with Crippen molar-refractivity contribution >= 4 is 17.2 Å². The zero-order valence-corrected chi connectivity index (χ0v) is 11.8. The molecule has 0 bridgehead atoms. The number of rotatable bonds is 5. The number of carbonyl (C=O) groups is 1. The van der Waals surface area contributed by atoms with Gasteiger partial charge in [0, 0.05) is 22.2 Å². The Labute approximate surface area is 113 Å². The molecule has 4 heteroatoms. The molecule has 3 N–H and O–H groups in total. The topological polar surface area (TPSA) is 55.1 Å². The first-order valence-electron chi connectivity index (χ1n) is 6.15. The summed E-state index contributed by atoms with van der Waals surface area (Å²) in [6.45, 7) is 5.20. The molecule has 0 aromatic carbocycles. The van der Waals surface area contributed by atoms with E-state index >= 15 is 0 Å². The highest BCUT2D eigenvalue weighted by Gasteiger charge is 2.04. The van der Waals surface area contributed by atoms with Crippen molar-refractivity contribution in [2.45, 2.75) is 33.2 Å². The van der Waals surface area contributed by atoms with E-state index < -0.39 is 0 Å². The van der Waals surface area contributed by atoms with E-state index in [1.54, 1.807) is 11.3 Å². The van der Waals surface area contributed by atoms with E-state index in [0.29, 0.717) is 25.4 Å². The summed E-state index contributed by atoms with van der Waals surface area (Å²) in [7, 11) is 0. The normalized spacial score (nSPS) is 10.0. The Morgan fingerprint density at radius 2 is 2.33 bits per heavy atom. The van der Waals surface area contributed by atoms with E-state index in [1.165, 1.54) is 0 Å². The first kappa shape index (κ1) is 14.7. The Hall–Kier alpha value is -1.31. The van der Waals surface area contributed by atoms with E-state index in [-0.39, 0.29) is 5.91 Å². The highest BCUT2D eigenvalue weighted by Crippen LogP contribution is 2.13. The molecule has 0 aliphatic rings. The molecule has 98 valence electrons. The van der Waals surface area contributed by atoms with E-state index in [0.717, 1.165) is 16.9 Å². The Morgan fingerprint density at radius 1 is 1.56 bits per heavy atom. The molecule has 1 rings (SSSR count). The van der Waals surface area contributed by atoms with E-state index in [4.69, 9.17) is 5.73 Å². The number of nitrogens with one attached hydrogen (secondary N) is 1. The molecule has 0 spiro atoms. The van der Waals surface area contributed by atoms with Gasteiger partial charge in [-0.15, -0.1) is 11.3 Å². The van der Waals surface area contributed by atoms with Crippen LogP contribution in [0.15, 0.2) is 11.4 Å². The van der Waals surface area contributed by atoms with Crippen LogP contribution in [-0.4, -0.2) is 12.5 Å². The highest BCUT2D eigenvalue weighted by molar-refractivity contribution is 7.10. The van der Waals surface area contributed by atoms with Crippen LogP contribution in [0.4, 0.5) is 0 Å². The number of nitrogens with two attached hydrogens (primary N) is 1. The first-order chi connectivity index (χ1) is 8.61. The molecule has 1 aromatic rings. The lowest BCUT2D eigenvalue weighted by Crippen LogP contribution is -2.22. The molecule has 1 heterocycles. The van der Waals surface area contributed by atoms with E-state index in [2.05, 4.69) is 31.0 Å². The number of thiophene rings is 1. The van der Waals surface area contributed by atoms with Crippen molar-refractivity contribution in [3.63, 3.8) is 0 Å². The van der Waals surface area contributed by atoms with Gasteiger partial charge in [0.1, 0.15) is 0 Å². The number of hydrogen-bond acceptors (Lipinski definition) is 3. The van der Waals surface area contributed by atoms with Gasteiger partial charge in [-0.1, -0.05) is 25.7 Å². The third kappa shape index (κ3) is 5.85. The number of amides is 1. The van der Waals surface area contributed by atoms with Gasteiger partial charge in [-0.3, -0.25) is 4.79 Å². The van der Waals surface area contributed by atoms with Crippen LogP contribution in [0.25, 0.3) is 0 Å². The van der Waals surface area contributed by atoms with Gasteiger partial charge in [-0.25, -0.2) is 0 Å². The minimum absolute atomic E-state index is 0.117. The van der Waals surface area contributed by atoms with Crippen molar-refractivity contribution in [2.24, 2.45) is 11.7 Å². The monoisotopic (exact) mass is 264 g/mol. The summed E-state index contributed by atoms with van der Waals surface area (Å²) in [6, 6.07) is 2.00. The quantitative estimate of drug-likeness (QED) is 0.800. The largest absolute Gasteiger partial charge is 0.351 e. The zero-order valence-electron chi connectivity index (χ0n) is 11.0. The van der Waals surface area contributed by atoms with Crippen LogP contribution >= 0.6 is 11.3 Å². The third-order valence-corrected chi connectivity index (χ3v) is 3.33. The number of carbonyl (C=O) groups excluding carboxylic acids is 1. The lowest BCUT2D eigenvalue weighted by atomic mass is 10.1. The van der Waals surface area contributed by atoms with E-state index in [1.807, 2.05) is 11.4 Å². The predicted octanol–water partition coefficient (Wildman–Crippen LogP) is 2.11. The van der Waals surface area contributed by atoms with Crippen LogP contribution in [0.3, 0.4) is 0 Å². The molecule has 0 fully saturated rings. The molecular weight excluding hydrogens is 244 g/mol. The lowest BCUT2D eigenvalue weighted by Gasteiger charge is -2.05. The van der Waals surface area contributed by atoms with Crippen LogP contribution in [0, 0.1) is 17.8 Å². The second kappa shape index (κ2) is 7.91. The lowest BCUT2D eigenvalue weighted by molar-refractivity contribution is -0.121. The maximum atomic E-state index is 11.5. The average molecular weight is 264 g/mol. The van der Waals surface area contributed by atoms with Crippen molar-refractivity contribution < 1.29 is 4.79 Å². The Morgan fingerprint density at radius 3 is 3.00 bits per heavy atom. The van der Waals surface area contributed by atoms with Gasteiger partial charge in [-0.05, 0) is 18.4 Å². The first-order valence-corrected chi connectivity index (χ1v) is 7.03. The molecule has 0 atom stereocenters. The molecule has 3 nitrogen and oxygen atoms in total. The van der Waals surface area contributed by atoms with Crippen molar-refractivity contribution in [1.29, 1.82) is 0 Å². The summed E-state index contributed by atoms with van der Waals surface area (Å²) in [5, 5.41) is 4.91. The summed E-state index contributed by atoms with van der Waals surface area (Å²) in [4.78, 5) is 12.7. The fraction of sp³-hybridized carbons (Fsp3) is 0.500. The van der Waals surface area contributed by atoms with Crippen LogP contribution in [-0.2, 0) is 11.3 Å². The van der Waals surface area contributed by atoms with Crippen molar-refractivity contribution in [1.82, 2.24) is 5.32 Å². The van der Waals surface area contributed by atoms with Crippen molar-refractivity contribution in [2.75, 3.05) is 6.54 Å². The maximum absolute atomic E-state index is 11.5. The van der Waals surface area contributed by atoms with E-state index in [9.17, 15) is 4.79 Å². The van der Waals surface area contributed by atoms with Gasteiger partial charge in [0.25, 0.3) is 0 Å². The highest BCUT2D eigenvalue weighted by atomic mass is 32.1. The SMILES string of the molecule is CC(C)CCC(=O)NCc1cc(C#CCN)cs1. The zero-order chi connectivity index (χ0) is 13.4. The molecule has 1 amide bonds. The number of hydrogen-bond donors (Lipinski definition) is 2.